The average molecular weight is 354 g/mol. The lowest BCUT2D eigenvalue weighted by Gasteiger charge is -2.09. The summed E-state index contributed by atoms with van der Waals surface area (Å²) in [5, 5.41) is 3.21. The Bertz CT molecular complexity index is 925. The van der Waals surface area contributed by atoms with Gasteiger partial charge in [-0.3, -0.25) is 9.71 Å². The SMILES string of the molecule is Cc1ccc(S(=O)(=O)Nc2ccc(NCc3cccnc3)cn2)cc1. The van der Waals surface area contributed by atoms with Crippen molar-refractivity contribution in [3.63, 3.8) is 0 Å². The highest BCUT2D eigenvalue weighted by atomic mass is 32.2. The molecule has 0 bridgehead atoms. The Morgan fingerprint density at radius 3 is 2.44 bits per heavy atom. The maximum absolute atomic E-state index is 12.3. The Hall–Kier alpha value is -2.93. The smallest absolute Gasteiger partial charge is 0.263 e. The molecule has 0 spiro atoms. The number of nitrogens with one attached hydrogen (secondary N) is 2. The Morgan fingerprint density at radius 2 is 1.80 bits per heavy atom. The van der Waals surface area contributed by atoms with Crippen LogP contribution in [0.15, 0.2) is 72.0 Å². The maximum Gasteiger partial charge on any atom is 0.263 e. The van der Waals surface area contributed by atoms with E-state index in [-0.39, 0.29) is 10.7 Å². The topological polar surface area (TPSA) is 84.0 Å². The molecule has 0 saturated heterocycles. The molecule has 2 aromatic heterocycles. The molecule has 3 rings (SSSR count). The second-order valence-corrected chi connectivity index (χ2v) is 7.25. The highest BCUT2D eigenvalue weighted by molar-refractivity contribution is 7.92. The number of hydrogen-bond acceptors (Lipinski definition) is 5. The van der Waals surface area contributed by atoms with Crippen LogP contribution in [0, 0.1) is 6.92 Å². The third-order valence-corrected chi connectivity index (χ3v) is 4.92. The molecule has 25 heavy (non-hydrogen) atoms. The second kappa shape index (κ2) is 7.31. The van der Waals surface area contributed by atoms with E-state index in [0.29, 0.717) is 6.54 Å². The molecule has 2 heterocycles. The van der Waals surface area contributed by atoms with E-state index in [1.807, 2.05) is 19.1 Å². The van der Waals surface area contributed by atoms with Crippen molar-refractivity contribution in [1.29, 1.82) is 0 Å². The second-order valence-electron chi connectivity index (χ2n) is 5.57. The van der Waals surface area contributed by atoms with Crippen molar-refractivity contribution >= 4 is 21.5 Å². The molecular weight excluding hydrogens is 336 g/mol. The van der Waals surface area contributed by atoms with E-state index < -0.39 is 10.0 Å². The molecule has 0 aliphatic heterocycles. The Morgan fingerprint density at radius 1 is 1.00 bits per heavy atom. The number of rotatable bonds is 6. The molecule has 128 valence electrons. The normalized spacial score (nSPS) is 11.1. The first-order valence-corrected chi connectivity index (χ1v) is 9.19. The number of anilines is 2. The summed E-state index contributed by atoms with van der Waals surface area (Å²) in [6.07, 6.45) is 5.09. The van der Waals surface area contributed by atoms with Gasteiger partial charge in [0.25, 0.3) is 10.0 Å². The maximum atomic E-state index is 12.3. The van der Waals surface area contributed by atoms with Crippen molar-refractivity contribution < 1.29 is 8.42 Å². The van der Waals surface area contributed by atoms with Crippen LogP contribution in [-0.2, 0) is 16.6 Å². The van der Waals surface area contributed by atoms with Crippen LogP contribution in [-0.4, -0.2) is 18.4 Å². The van der Waals surface area contributed by atoms with Gasteiger partial charge in [0.2, 0.25) is 0 Å². The number of benzene rings is 1. The number of aromatic nitrogens is 2. The minimum absolute atomic E-state index is 0.207. The van der Waals surface area contributed by atoms with E-state index in [4.69, 9.17) is 0 Å². The lowest BCUT2D eigenvalue weighted by Crippen LogP contribution is -2.14. The van der Waals surface area contributed by atoms with Gasteiger partial charge in [0, 0.05) is 18.9 Å². The minimum Gasteiger partial charge on any atom is -0.380 e. The fraction of sp³-hybridized carbons (Fsp3) is 0.111. The van der Waals surface area contributed by atoms with Crippen LogP contribution in [0.3, 0.4) is 0 Å². The molecule has 2 N–H and O–H groups in total. The van der Waals surface area contributed by atoms with Crippen LogP contribution in [0.1, 0.15) is 11.1 Å². The molecular formula is C18H18N4O2S. The van der Waals surface area contributed by atoms with Gasteiger partial charge in [-0.05, 0) is 42.8 Å². The first-order chi connectivity index (χ1) is 12.0. The molecule has 0 aliphatic carbocycles. The molecule has 3 aromatic rings. The monoisotopic (exact) mass is 354 g/mol. The molecule has 6 nitrogen and oxygen atoms in total. The van der Waals surface area contributed by atoms with Crippen molar-refractivity contribution in [2.75, 3.05) is 10.0 Å². The van der Waals surface area contributed by atoms with Crippen molar-refractivity contribution in [3.8, 4) is 0 Å². The third-order valence-electron chi connectivity index (χ3n) is 3.55. The van der Waals surface area contributed by atoms with Gasteiger partial charge < -0.3 is 5.32 Å². The lowest BCUT2D eigenvalue weighted by molar-refractivity contribution is 0.601. The van der Waals surface area contributed by atoms with E-state index in [9.17, 15) is 8.42 Å². The van der Waals surface area contributed by atoms with Crippen LogP contribution in [0.5, 0.6) is 0 Å². The van der Waals surface area contributed by atoms with Crippen LogP contribution in [0.2, 0.25) is 0 Å². The molecule has 0 amide bonds. The van der Waals surface area contributed by atoms with Gasteiger partial charge in [-0.1, -0.05) is 23.8 Å². The van der Waals surface area contributed by atoms with E-state index in [0.717, 1.165) is 16.8 Å². The predicted octanol–water partition coefficient (Wildman–Crippen LogP) is 3.20. The van der Waals surface area contributed by atoms with Gasteiger partial charge in [0.1, 0.15) is 5.82 Å². The molecule has 0 aliphatic rings. The first kappa shape index (κ1) is 16.9. The number of pyridine rings is 2. The zero-order valence-corrected chi connectivity index (χ0v) is 14.5. The number of nitrogens with zero attached hydrogens (tertiary/aromatic N) is 2. The molecule has 1 aromatic carbocycles. The van der Waals surface area contributed by atoms with E-state index >= 15 is 0 Å². The van der Waals surface area contributed by atoms with Gasteiger partial charge in [-0.25, -0.2) is 13.4 Å². The van der Waals surface area contributed by atoms with Crippen molar-refractivity contribution in [2.24, 2.45) is 0 Å². The van der Waals surface area contributed by atoms with Gasteiger partial charge >= 0.3 is 0 Å². The van der Waals surface area contributed by atoms with E-state index in [2.05, 4.69) is 20.0 Å². The molecule has 0 atom stereocenters. The molecule has 0 unspecified atom stereocenters. The van der Waals surface area contributed by atoms with Crippen molar-refractivity contribution in [2.45, 2.75) is 18.4 Å². The summed E-state index contributed by atoms with van der Waals surface area (Å²) >= 11 is 0. The highest BCUT2D eigenvalue weighted by Crippen LogP contribution is 2.16. The van der Waals surface area contributed by atoms with Crippen molar-refractivity contribution in [3.05, 3.63) is 78.2 Å². The van der Waals surface area contributed by atoms with Gasteiger partial charge in [-0.15, -0.1) is 0 Å². The summed E-state index contributed by atoms with van der Waals surface area (Å²) in [6, 6.07) is 13.9. The first-order valence-electron chi connectivity index (χ1n) is 7.71. The van der Waals surface area contributed by atoms with Crippen LogP contribution >= 0.6 is 0 Å². The minimum atomic E-state index is -3.64. The fourth-order valence-corrected chi connectivity index (χ4v) is 3.19. The van der Waals surface area contributed by atoms with E-state index in [1.165, 1.54) is 0 Å². The summed E-state index contributed by atoms with van der Waals surface area (Å²) in [4.78, 5) is 8.41. The van der Waals surface area contributed by atoms with Crippen LogP contribution < -0.4 is 10.0 Å². The average Bonchev–Trinajstić information content (AvgIpc) is 2.62. The number of aryl methyl sites for hydroxylation is 1. The Balaban J connectivity index is 1.65. The molecule has 0 fully saturated rings. The largest absolute Gasteiger partial charge is 0.380 e. The lowest BCUT2D eigenvalue weighted by atomic mass is 10.2. The molecule has 0 saturated carbocycles. The standard InChI is InChI=1S/C18H18N4O2S/c1-14-4-7-17(8-5-14)25(23,24)22-18-9-6-16(13-21-18)20-12-15-3-2-10-19-11-15/h2-11,13,20H,12H2,1H3,(H,21,22). The highest BCUT2D eigenvalue weighted by Gasteiger charge is 2.14. The number of sulfonamides is 1. The zero-order chi connectivity index (χ0) is 17.7. The summed E-state index contributed by atoms with van der Waals surface area (Å²) in [6.45, 7) is 2.52. The third kappa shape index (κ3) is 4.54. The van der Waals surface area contributed by atoms with Gasteiger partial charge in [0.15, 0.2) is 0 Å². The molecule has 0 radical (unpaired) electrons. The molecule has 7 heteroatoms. The summed E-state index contributed by atoms with van der Waals surface area (Å²) < 4.78 is 27.1. The predicted molar refractivity (Wildman–Crippen MR) is 97.8 cm³/mol. The van der Waals surface area contributed by atoms with E-state index in [1.54, 1.807) is 55.0 Å². The number of hydrogen-bond donors (Lipinski definition) is 2. The summed E-state index contributed by atoms with van der Waals surface area (Å²) in [5.41, 5.74) is 2.84. The summed E-state index contributed by atoms with van der Waals surface area (Å²) in [5.74, 6) is 0.271. The summed E-state index contributed by atoms with van der Waals surface area (Å²) in [7, 11) is -3.64. The van der Waals surface area contributed by atoms with Crippen molar-refractivity contribution in [1.82, 2.24) is 9.97 Å². The zero-order valence-electron chi connectivity index (χ0n) is 13.7. The van der Waals surface area contributed by atoms with Crippen LogP contribution in [0.4, 0.5) is 11.5 Å². The van der Waals surface area contributed by atoms with Gasteiger partial charge in [0.05, 0.1) is 16.8 Å². The van der Waals surface area contributed by atoms with Crippen LogP contribution in [0.25, 0.3) is 0 Å². The quantitative estimate of drug-likeness (QED) is 0.710. The fourth-order valence-electron chi connectivity index (χ4n) is 2.18. The van der Waals surface area contributed by atoms with Gasteiger partial charge in [-0.2, -0.15) is 0 Å². The Labute approximate surface area is 147 Å². The Kier molecular flexibility index (Phi) is 4.95.